The van der Waals surface area contributed by atoms with Crippen LogP contribution in [0, 0.1) is 0 Å². The van der Waals surface area contributed by atoms with Crippen LogP contribution in [0.1, 0.15) is 17.5 Å². The molecule has 3 aromatic rings. The summed E-state index contributed by atoms with van der Waals surface area (Å²) in [5.74, 6) is -1.86. The standard InChI is InChI=1S/C17H14N2O4/c1-10(20)19(15-8-9-23-16(15)17(21)22)14-7-6-13(18)11-4-2-3-5-12(11)14/h2-9H,18H2,1H3,(H,21,22). The number of anilines is 3. The molecule has 0 aliphatic rings. The Morgan fingerprint density at radius 3 is 2.39 bits per heavy atom. The van der Waals surface area contributed by atoms with Crippen molar-refractivity contribution in [2.45, 2.75) is 6.92 Å². The maximum atomic E-state index is 12.2. The van der Waals surface area contributed by atoms with Crippen molar-refractivity contribution in [2.75, 3.05) is 10.6 Å². The number of rotatable bonds is 3. The lowest BCUT2D eigenvalue weighted by Crippen LogP contribution is -2.24. The monoisotopic (exact) mass is 310 g/mol. The van der Waals surface area contributed by atoms with Gasteiger partial charge in [0.1, 0.15) is 5.69 Å². The second-order valence-electron chi connectivity index (χ2n) is 5.01. The van der Waals surface area contributed by atoms with E-state index in [2.05, 4.69) is 0 Å². The molecule has 0 aliphatic carbocycles. The number of nitrogens with zero attached hydrogens (tertiary/aromatic N) is 1. The molecule has 6 nitrogen and oxygen atoms in total. The predicted octanol–water partition coefficient (Wildman–Crippen LogP) is 3.40. The number of carbonyl (C=O) groups is 2. The molecule has 0 radical (unpaired) electrons. The van der Waals surface area contributed by atoms with Gasteiger partial charge in [0.25, 0.3) is 0 Å². The van der Waals surface area contributed by atoms with Crippen LogP contribution in [0.2, 0.25) is 0 Å². The van der Waals surface area contributed by atoms with Gasteiger partial charge in [0, 0.05) is 29.4 Å². The van der Waals surface area contributed by atoms with E-state index in [0.29, 0.717) is 11.4 Å². The van der Waals surface area contributed by atoms with Crippen LogP contribution in [0.25, 0.3) is 10.8 Å². The highest BCUT2D eigenvalue weighted by Crippen LogP contribution is 2.36. The Balaban J connectivity index is 2.29. The molecular formula is C17H14N2O4. The summed E-state index contributed by atoms with van der Waals surface area (Å²) in [7, 11) is 0. The van der Waals surface area contributed by atoms with Crippen molar-refractivity contribution < 1.29 is 19.1 Å². The molecule has 6 heteroatoms. The molecule has 0 unspecified atom stereocenters. The van der Waals surface area contributed by atoms with E-state index in [9.17, 15) is 14.7 Å². The summed E-state index contributed by atoms with van der Waals surface area (Å²) < 4.78 is 5.00. The molecule has 1 amide bonds. The summed E-state index contributed by atoms with van der Waals surface area (Å²) in [6.45, 7) is 1.36. The number of carbonyl (C=O) groups excluding carboxylic acids is 1. The minimum absolute atomic E-state index is 0.180. The summed E-state index contributed by atoms with van der Waals surface area (Å²) >= 11 is 0. The van der Waals surface area contributed by atoms with Gasteiger partial charge in [-0.25, -0.2) is 4.79 Å². The zero-order valence-corrected chi connectivity index (χ0v) is 12.3. The van der Waals surface area contributed by atoms with Crippen LogP contribution < -0.4 is 10.6 Å². The van der Waals surface area contributed by atoms with Crippen molar-refractivity contribution in [1.29, 1.82) is 0 Å². The molecule has 23 heavy (non-hydrogen) atoms. The Kier molecular flexibility index (Phi) is 3.50. The number of hydrogen-bond donors (Lipinski definition) is 2. The first-order valence-electron chi connectivity index (χ1n) is 6.89. The highest BCUT2D eigenvalue weighted by atomic mass is 16.4. The summed E-state index contributed by atoms with van der Waals surface area (Å²) in [5, 5.41) is 10.8. The molecule has 2 aromatic carbocycles. The third-order valence-corrected chi connectivity index (χ3v) is 3.57. The van der Waals surface area contributed by atoms with Crippen molar-refractivity contribution in [1.82, 2.24) is 0 Å². The Bertz CT molecular complexity index is 914. The van der Waals surface area contributed by atoms with Gasteiger partial charge in [-0.3, -0.25) is 9.69 Å². The molecular weight excluding hydrogens is 296 g/mol. The third kappa shape index (κ3) is 2.40. The zero-order chi connectivity index (χ0) is 16.6. The van der Waals surface area contributed by atoms with Gasteiger partial charge in [-0.1, -0.05) is 24.3 Å². The molecule has 0 aliphatic heterocycles. The van der Waals surface area contributed by atoms with E-state index in [4.69, 9.17) is 10.2 Å². The van der Waals surface area contributed by atoms with E-state index in [1.54, 1.807) is 12.1 Å². The lowest BCUT2D eigenvalue weighted by Gasteiger charge is -2.22. The van der Waals surface area contributed by atoms with Crippen LogP contribution in [0.3, 0.4) is 0 Å². The average Bonchev–Trinajstić information content (AvgIpc) is 2.99. The van der Waals surface area contributed by atoms with Crippen LogP contribution >= 0.6 is 0 Å². The molecule has 0 bridgehead atoms. The highest BCUT2D eigenvalue weighted by molar-refractivity contribution is 6.12. The molecule has 3 rings (SSSR count). The van der Waals surface area contributed by atoms with Crippen LogP contribution in [0.4, 0.5) is 17.1 Å². The Labute approximate surface area is 131 Å². The Morgan fingerprint density at radius 1 is 1.04 bits per heavy atom. The van der Waals surface area contributed by atoms with Gasteiger partial charge < -0.3 is 15.3 Å². The van der Waals surface area contributed by atoms with Crippen molar-refractivity contribution in [3.05, 3.63) is 54.5 Å². The molecule has 3 N–H and O–H groups in total. The van der Waals surface area contributed by atoms with E-state index >= 15 is 0 Å². The molecule has 116 valence electrons. The van der Waals surface area contributed by atoms with E-state index in [-0.39, 0.29) is 17.4 Å². The Morgan fingerprint density at radius 2 is 1.74 bits per heavy atom. The summed E-state index contributed by atoms with van der Waals surface area (Å²) in [6, 6.07) is 12.2. The van der Waals surface area contributed by atoms with Gasteiger partial charge in [0.05, 0.1) is 12.0 Å². The van der Waals surface area contributed by atoms with Crippen LogP contribution in [-0.4, -0.2) is 17.0 Å². The maximum Gasteiger partial charge on any atom is 0.374 e. The molecule has 0 saturated carbocycles. The number of amides is 1. The number of carboxylic acid groups (broad SMARTS) is 1. The second-order valence-corrected chi connectivity index (χ2v) is 5.01. The lowest BCUT2D eigenvalue weighted by molar-refractivity contribution is -0.115. The molecule has 0 spiro atoms. The molecule has 0 atom stereocenters. The van der Waals surface area contributed by atoms with Crippen molar-refractivity contribution in [3.8, 4) is 0 Å². The molecule has 1 aromatic heterocycles. The third-order valence-electron chi connectivity index (χ3n) is 3.57. The number of aromatic carboxylic acids is 1. The smallest absolute Gasteiger partial charge is 0.374 e. The fourth-order valence-electron chi connectivity index (χ4n) is 2.61. The SMILES string of the molecule is CC(=O)N(c1ccoc1C(=O)O)c1ccc(N)c2ccccc12. The number of hydrogen-bond acceptors (Lipinski definition) is 4. The van der Waals surface area contributed by atoms with Gasteiger partial charge in [0.2, 0.25) is 11.7 Å². The summed E-state index contributed by atoms with van der Waals surface area (Å²) in [5.41, 5.74) is 7.29. The first kappa shape index (κ1) is 14.6. The number of fused-ring (bicyclic) bond motifs is 1. The highest BCUT2D eigenvalue weighted by Gasteiger charge is 2.25. The van der Waals surface area contributed by atoms with E-state index < -0.39 is 5.97 Å². The molecule has 1 heterocycles. The van der Waals surface area contributed by atoms with Gasteiger partial charge in [-0.15, -0.1) is 0 Å². The van der Waals surface area contributed by atoms with Gasteiger partial charge >= 0.3 is 5.97 Å². The van der Waals surface area contributed by atoms with Crippen LogP contribution in [0.15, 0.2) is 53.1 Å². The topological polar surface area (TPSA) is 96.8 Å². The first-order valence-corrected chi connectivity index (χ1v) is 6.89. The lowest BCUT2D eigenvalue weighted by atomic mass is 10.1. The average molecular weight is 310 g/mol. The minimum atomic E-state index is -1.24. The van der Waals surface area contributed by atoms with E-state index in [1.807, 2.05) is 24.3 Å². The van der Waals surface area contributed by atoms with Gasteiger partial charge in [-0.2, -0.15) is 0 Å². The first-order chi connectivity index (χ1) is 11.0. The van der Waals surface area contributed by atoms with Crippen molar-refractivity contribution in [3.63, 3.8) is 0 Å². The number of furan rings is 1. The minimum Gasteiger partial charge on any atom is -0.475 e. The van der Waals surface area contributed by atoms with E-state index in [0.717, 1.165) is 10.8 Å². The van der Waals surface area contributed by atoms with Crippen LogP contribution in [0.5, 0.6) is 0 Å². The second kappa shape index (κ2) is 5.49. The largest absolute Gasteiger partial charge is 0.475 e. The zero-order valence-electron chi connectivity index (χ0n) is 12.3. The number of nitrogen functional groups attached to an aromatic ring is 1. The Hall–Kier alpha value is -3.28. The maximum absolute atomic E-state index is 12.2. The number of carboxylic acids is 1. The fourth-order valence-corrected chi connectivity index (χ4v) is 2.61. The quantitative estimate of drug-likeness (QED) is 0.723. The van der Waals surface area contributed by atoms with Gasteiger partial charge in [0.15, 0.2) is 0 Å². The van der Waals surface area contributed by atoms with E-state index in [1.165, 1.54) is 24.2 Å². The summed E-state index contributed by atoms with van der Waals surface area (Å²) in [4.78, 5) is 24.8. The fraction of sp³-hybridized carbons (Fsp3) is 0.0588. The predicted molar refractivity (Wildman–Crippen MR) is 86.8 cm³/mol. The number of nitrogens with two attached hydrogens (primary N) is 1. The number of benzene rings is 2. The molecule has 0 fully saturated rings. The van der Waals surface area contributed by atoms with Gasteiger partial charge in [-0.05, 0) is 12.1 Å². The molecule has 0 saturated heterocycles. The van der Waals surface area contributed by atoms with Crippen molar-refractivity contribution >= 4 is 39.7 Å². The van der Waals surface area contributed by atoms with Crippen LogP contribution in [-0.2, 0) is 4.79 Å². The summed E-state index contributed by atoms with van der Waals surface area (Å²) in [6.07, 6.45) is 1.24. The van der Waals surface area contributed by atoms with Crippen molar-refractivity contribution in [2.24, 2.45) is 0 Å². The normalized spacial score (nSPS) is 10.7.